The summed E-state index contributed by atoms with van der Waals surface area (Å²) in [7, 11) is 0. The molecule has 0 amide bonds. The van der Waals surface area contributed by atoms with Crippen LogP contribution in [0, 0.1) is 29.6 Å². The van der Waals surface area contributed by atoms with Crippen LogP contribution < -0.4 is 0 Å². The Labute approximate surface area is 165 Å². The van der Waals surface area contributed by atoms with E-state index in [1.54, 1.807) is 0 Å². The second-order valence-electron chi connectivity index (χ2n) is 9.42. The minimum Gasteiger partial charge on any atom is -0.396 e. The number of rotatable bonds is 10. The summed E-state index contributed by atoms with van der Waals surface area (Å²) < 4.78 is 24.2. The molecule has 2 saturated carbocycles. The van der Waals surface area contributed by atoms with Crippen molar-refractivity contribution in [2.24, 2.45) is 29.6 Å². The largest absolute Gasteiger partial charge is 0.396 e. The summed E-state index contributed by atoms with van der Waals surface area (Å²) in [5.41, 5.74) is 1.19. The van der Waals surface area contributed by atoms with Crippen molar-refractivity contribution >= 4 is 0 Å². The molecule has 2 fully saturated rings. The molecule has 2 aliphatic carbocycles. The summed E-state index contributed by atoms with van der Waals surface area (Å²) >= 11 is 0. The molecule has 1 atom stereocenters. The van der Waals surface area contributed by atoms with Gasteiger partial charge < -0.3 is 5.11 Å². The molecule has 3 heteroatoms. The van der Waals surface area contributed by atoms with Gasteiger partial charge in [-0.15, -0.1) is 6.58 Å². The standard InChI is InChI=1S/C24H40F2O/c1-18(2)16-23(17-27)22-14-12-21(13-15-22)11-10-20-8-6-19(7-9-20)4-3-5-24(25)26/h5,19-23,27H,1,3-4,6-17H2,2H3. The molecule has 0 aliphatic heterocycles. The third-order valence-corrected chi connectivity index (χ3v) is 7.23. The highest BCUT2D eigenvalue weighted by Gasteiger charge is 2.28. The molecule has 0 radical (unpaired) electrons. The van der Waals surface area contributed by atoms with Crippen molar-refractivity contribution in [3.63, 3.8) is 0 Å². The lowest BCUT2D eigenvalue weighted by Gasteiger charge is -2.34. The number of hydrogen-bond acceptors (Lipinski definition) is 1. The molecule has 0 heterocycles. The van der Waals surface area contributed by atoms with Crippen molar-refractivity contribution in [3.8, 4) is 0 Å². The third kappa shape index (κ3) is 8.46. The zero-order valence-electron chi connectivity index (χ0n) is 17.3. The van der Waals surface area contributed by atoms with Crippen LogP contribution in [-0.2, 0) is 0 Å². The van der Waals surface area contributed by atoms with Crippen LogP contribution in [0.15, 0.2) is 24.3 Å². The van der Waals surface area contributed by atoms with E-state index < -0.39 is 6.08 Å². The van der Waals surface area contributed by atoms with Crippen LogP contribution in [0.2, 0.25) is 0 Å². The molecule has 156 valence electrons. The van der Waals surface area contributed by atoms with Gasteiger partial charge in [-0.3, -0.25) is 0 Å². The predicted molar refractivity (Wildman–Crippen MR) is 110 cm³/mol. The smallest absolute Gasteiger partial charge is 0.266 e. The van der Waals surface area contributed by atoms with Gasteiger partial charge in [-0.25, -0.2) is 0 Å². The summed E-state index contributed by atoms with van der Waals surface area (Å²) in [6, 6.07) is 0. The third-order valence-electron chi connectivity index (χ3n) is 7.23. The molecule has 0 aromatic carbocycles. The van der Waals surface area contributed by atoms with E-state index in [0.717, 1.165) is 30.8 Å². The molecular weight excluding hydrogens is 342 g/mol. The van der Waals surface area contributed by atoms with Gasteiger partial charge in [0.1, 0.15) is 0 Å². The highest BCUT2D eigenvalue weighted by molar-refractivity contribution is 4.93. The Morgan fingerprint density at radius 3 is 1.85 bits per heavy atom. The first-order valence-electron chi connectivity index (χ1n) is 11.2. The minimum atomic E-state index is -1.52. The Morgan fingerprint density at radius 2 is 1.41 bits per heavy atom. The number of allylic oxidation sites excluding steroid dienone is 2. The van der Waals surface area contributed by atoms with Crippen molar-refractivity contribution < 1.29 is 13.9 Å². The summed E-state index contributed by atoms with van der Waals surface area (Å²) in [4.78, 5) is 0. The van der Waals surface area contributed by atoms with Crippen LogP contribution >= 0.6 is 0 Å². The number of halogens is 2. The highest BCUT2D eigenvalue weighted by Crippen LogP contribution is 2.40. The molecule has 0 spiro atoms. The first-order valence-corrected chi connectivity index (χ1v) is 11.2. The Morgan fingerprint density at radius 1 is 0.926 bits per heavy atom. The Bertz CT molecular complexity index is 453. The van der Waals surface area contributed by atoms with Gasteiger partial charge in [0.15, 0.2) is 0 Å². The van der Waals surface area contributed by atoms with Crippen LogP contribution in [-0.4, -0.2) is 11.7 Å². The molecule has 2 aliphatic rings. The molecule has 1 N–H and O–H groups in total. The average molecular weight is 383 g/mol. The van der Waals surface area contributed by atoms with Crippen LogP contribution in [0.4, 0.5) is 8.78 Å². The highest BCUT2D eigenvalue weighted by atomic mass is 19.3. The fourth-order valence-electron chi connectivity index (χ4n) is 5.48. The number of aliphatic hydroxyl groups excluding tert-OH is 1. The molecule has 27 heavy (non-hydrogen) atoms. The number of hydrogen-bond donors (Lipinski definition) is 1. The Balaban J connectivity index is 1.59. The van der Waals surface area contributed by atoms with Gasteiger partial charge >= 0.3 is 0 Å². The van der Waals surface area contributed by atoms with Crippen molar-refractivity contribution in [3.05, 3.63) is 24.3 Å². The maximum Gasteiger partial charge on any atom is 0.266 e. The van der Waals surface area contributed by atoms with Gasteiger partial charge in [-0.1, -0.05) is 56.9 Å². The molecule has 0 aromatic heterocycles. The molecule has 1 nitrogen and oxygen atoms in total. The monoisotopic (exact) mass is 382 g/mol. The van der Waals surface area contributed by atoms with E-state index in [-0.39, 0.29) is 0 Å². The topological polar surface area (TPSA) is 20.2 Å². The quantitative estimate of drug-likeness (QED) is 0.387. The first-order chi connectivity index (χ1) is 13.0. The molecule has 2 rings (SSSR count). The SMILES string of the molecule is C=C(C)CC(CO)C1CCC(CCC2CCC(CCC=C(F)F)CC2)CC1. The summed E-state index contributed by atoms with van der Waals surface area (Å²) in [6.45, 7) is 6.39. The van der Waals surface area contributed by atoms with Crippen LogP contribution in [0.25, 0.3) is 0 Å². The lowest BCUT2D eigenvalue weighted by atomic mass is 9.72. The summed E-state index contributed by atoms with van der Waals surface area (Å²) in [5.74, 6) is 3.50. The normalized spacial score (nSPS) is 29.9. The van der Waals surface area contributed by atoms with Crippen LogP contribution in [0.5, 0.6) is 0 Å². The second-order valence-corrected chi connectivity index (χ2v) is 9.42. The zero-order valence-corrected chi connectivity index (χ0v) is 17.3. The average Bonchev–Trinajstić information content (AvgIpc) is 2.65. The maximum absolute atomic E-state index is 12.1. The fourth-order valence-corrected chi connectivity index (χ4v) is 5.48. The van der Waals surface area contributed by atoms with Gasteiger partial charge in [0.2, 0.25) is 0 Å². The van der Waals surface area contributed by atoms with Crippen LogP contribution in [0.1, 0.15) is 90.4 Å². The van der Waals surface area contributed by atoms with Gasteiger partial charge in [-0.05, 0) is 74.7 Å². The van der Waals surface area contributed by atoms with E-state index in [1.807, 2.05) is 0 Å². The lowest BCUT2D eigenvalue weighted by molar-refractivity contribution is 0.125. The molecule has 1 unspecified atom stereocenters. The van der Waals surface area contributed by atoms with E-state index >= 15 is 0 Å². The molecule has 0 aromatic rings. The van der Waals surface area contributed by atoms with Crippen molar-refractivity contribution in [2.75, 3.05) is 6.61 Å². The van der Waals surface area contributed by atoms with E-state index in [0.29, 0.717) is 30.8 Å². The first kappa shape index (κ1) is 22.6. The zero-order chi connectivity index (χ0) is 19.6. The van der Waals surface area contributed by atoms with Gasteiger partial charge in [0.25, 0.3) is 6.08 Å². The second kappa shape index (κ2) is 12.0. The maximum atomic E-state index is 12.1. The van der Waals surface area contributed by atoms with Crippen LogP contribution in [0.3, 0.4) is 0 Å². The minimum absolute atomic E-state index is 0.305. The Hall–Kier alpha value is -0.700. The van der Waals surface area contributed by atoms with Crippen molar-refractivity contribution in [1.82, 2.24) is 0 Å². The summed E-state index contributed by atoms with van der Waals surface area (Å²) in [6.07, 6.45) is 15.0. The lowest BCUT2D eigenvalue weighted by Crippen LogP contribution is -2.25. The fraction of sp³-hybridized carbons (Fsp3) is 0.833. The number of aliphatic hydroxyl groups is 1. The van der Waals surface area contributed by atoms with Gasteiger partial charge in [-0.2, -0.15) is 8.78 Å². The molecular formula is C24H40F2O. The van der Waals surface area contributed by atoms with Gasteiger partial charge in [0, 0.05) is 6.61 Å². The predicted octanol–water partition coefficient (Wildman–Crippen LogP) is 7.51. The van der Waals surface area contributed by atoms with Crippen molar-refractivity contribution in [1.29, 1.82) is 0 Å². The van der Waals surface area contributed by atoms with E-state index in [1.165, 1.54) is 69.8 Å². The van der Waals surface area contributed by atoms with E-state index in [2.05, 4.69) is 13.5 Å². The molecule has 0 bridgehead atoms. The molecule has 0 saturated heterocycles. The van der Waals surface area contributed by atoms with Gasteiger partial charge in [0.05, 0.1) is 0 Å². The van der Waals surface area contributed by atoms with E-state index in [4.69, 9.17) is 0 Å². The van der Waals surface area contributed by atoms with Crippen molar-refractivity contribution in [2.45, 2.75) is 90.4 Å². The van der Waals surface area contributed by atoms with E-state index in [9.17, 15) is 13.9 Å². The Kier molecular flexibility index (Phi) is 10.0. The summed E-state index contributed by atoms with van der Waals surface area (Å²) in [5, 5.41) is 9.69.